The molecule has 96 valence electrons. The molecule has 0 spiro atoms. The number of aromatic nitrogens is 3. The van der Waals surface area contributed by atoms with Gasteiger partial charge in [0.2, 0.25) is 5.95 Å². The molecule has 0 aliphatic rings. The van der Waals surface area contributed by atoms with Gasteiger partial charge in [-0.3, -0.25) is 0 Å². The molecule has 0 aromatic carbocycles. The molecule has 0 fully saturated rings. The summed E-state index contributed by atoms with van der Waals surface area (Å²) >= 11 is 0. The van der Waals surface area contributed by atoms with Crippen LogP contribution in [0.2, 0.25) is 0 Å². The van der Waals surface area contributed by atoms with Crippen molar-refractivity contribution in [3.05, 3.63) is 11.6 Å². The second-order valence-electron chi connectivity index (χ2n) is 5.53. The van der Waals surface area contributed by atoms with Crippen LogP contribution in [-0.4, -0.2) is 22.1 Å². The van der Waals surface area contributed by atoms with Crippen molar-refractivity contribution in [2.75, 3.05) is 12.8 Å². The first kappa shape index (κ1) is 13.8. The minimum absolute atomic E-state index is 0.151. The first-order valence-corrected chi connectivity index (χ1v) is 5.80. The van der Waals surface area contributed by atoms with Gasteiger partial charge in [0.05, 0.1) is 0 Å². The zero-order valence-electron chi connectivity index (χ0n) is 11.5. The van der Waals surface area contributed by atoms with Crippen LogP contribution in [0.5, 0.6) is 0 Å². The van der Waals surface area contributed by atoms with Crippen molar-refractivity contribution in [1.29, 1.82) is 0 Å². The van der Waals surface area contributed by atoms with Gasteiger partial charge < -0.3 is 10.5 Å². The molecule has 0 saturated heterocycles. The first-order chi connectivity index (χ1) is 7.75. The van der Waals surface area contributed by atoms with Crippen molar-refractivity contribution < 1.29 is 4.74 Å². The third-order valence-corrected chi connectivity index (χ3v) is 2.45. The molecule has 1 aromatic rings. The van der Waals surface area contributed by atoms with Gasteiger partial charge >= 0.3 is 0 Å². The zero-order valence-corrected chi connectivity index (χ0v) is 11.5. The van der Waals surface area contributed by atoms with Gasteiger partial charge in [-0.15, -0.1) is 0 Å². The van der Waals surface area contributed by atoms with E-state index < -0.39 is 0 Å². The quantitative estimate of drug-likeness (QED) is 0.872. The number of methoxy groups -OCH3 is 1. The summed E-state index contributed by atoms with van der Waals surface area (Å²) in [6.07, 6.45) is -0.151. The van der Waals surface area contributed by atoms with Crippen molar-refractivity contribution in [1.82, 2.24) is 15.0 Å². The van der Waals surface area contributed by atoms with Crippen LogP contribution in [0.4, 0.5) is 5.95 Å². The van der Waals surface area contributed by atoms with Gasteiger partial charge in [0.15, 0.2) is 5.82 Å². The summed E-state index contributed by atoms with van der Waals surface area (Å²) in [7, 11) is 1.65. The minimum atomic E-state index is -0.152. The number of nitrogens with two attached hydrogens (primary N) is 1. The second-order valence-corrected chi connectivity index (χ2v) is 5.53. The van der Waals surface area contributed by atoms with E-state index in [2.05, 4.69) is 28.8 Å². The molecule has 5 heteroatoms. The van der Waals surface area contributed by atoms with Crippen LogP contribution in [0.15, 0.2) is 0 Å². The minimum Gasteiger partial charge on any atom is -0.373 e. The zero-order chi connectivity index (χ0) is 13.2. The van der Waals surface area contributed by atoms with E-state index >= 15 is 0 Å². The Morgan fingerprint density at radius 3 is 2.12 bits per heavy atom. The molecule has 0 bridgehead atoms. The number of anilines is 1. The van der Waals surface area contributed by atoms with Gasteiger partial charge in [0, 0.05) is 12.5 Å². The van der Waals surface area contributed by atoms with Gasteiger partial charge in [-0.05, 0) is 5.92 Å². The van der Waals surface area contributed by atoms with E-state index in [4.69, 9.17) is 10.5 Å². The Bertz CT molecular complexity index is 385. The summed E-state index contributed by atoms with van der Waals surface area (Å²) in [5.41, 5.74) is 5.58. The van der Waals surface area contributed by atoms with Gasteiger partial charge in [0.1, 0.15) is 11.9 Å². The van der Waals surface area contributed by atoms with Gasteiger partial charge in [-0.2, -0.15) is 9.97 Å². The second kappa shape index (κ2) is 4.96. The summed E-state index contributed by atoms with van der Waals surface area (Å²) in [5.74, 6) is 1.85. The maximum atomic E-state index is 5.73. The highest BCUT2D eigenvalue weighted by Crippen LogP contribution is 2.25. The molecule has 0 aliphatic carbocycles. The highest BCUT2D eigenvalue weighted by molar-refractivity contribution is 5.20. The van der Waals surface area contributed by atoms with Crippen LogP contribution in [0.1, 0.15) is 52.4 Å². The molecule has 0 amide bonds. The monoisotopic (exact) mass is 238 g/mol. The number of nitrogen functional groups attached to an aromatic ring is 1. The molecular formula is C12H22N4O. The largest absolute Gasteiger partial charge is 0.373 e. The Morgan fingerprint density at radius 1 is 1.12 bits per heavy atom. The summed E-state index contributed by atoms with van der Waals surface area (Å²) in [4.78, 5) is 12.8. The molecule has 1 atom stereocenters. The molecular weight excluding hydrogens is 216 g/mol. The highest BCUT2D eigenvalue weighted by atomic mass is 16.5. The van der Waals surface area contributed by atoms with Crippen molar-refractivity contribution in [3.8, 4) is 0 Å². The highest BCUT2D eigenvalue weighted by Gasteiger charge is 2.24. The van der Waals surface area contributed by atoms with Gasteiger partial charge in [-0.25, -0.2) is 4.98 Å². The Balaban J connectivity index is 3.21. The Hall–Kier alpha value is -1.23. The van der Waals surface area contributed by atoms with Crippen molar-refractivity contribution >= 4 is 5.95 Å². The Morgan fingerprint density at radius 2 is 1.71 bits per heavy atom. The normalized spacial score (nSPS) is 14.1. The fraction of sp³-hybridized carbons (Fsp3) is 0.750. The number of ether oxygens (including phenoxy) is 1. The molecule has 2 N–H and O–H groups in total. The van der Waals surface area contributed by atoms with Crippen LogP contribution < -0.4 is 5.73 Å². The fourth-order valence-corrected chi connectivity index (χ4v) is 1.55. The molecule has 0 saturated carbocycles. The summed E-state index contributed by atoms with van der Waals surface area (Å²) < 4.78 is 5.41. The number of hydrogen-bond acceptors (Lipinski definition) is 5. The molecule has 0 aliphatic heterocycles. The molecule has 5 nitrogen and oxygen atoms in total. The average Bonchev–Trinajstić information content (AvgIpc) is 2.15. The molecule has 1 aromatic heterocycles. The van der Waals surface area contributed by atoms with Crippen molar-refractivity contribution in [2.45, 2.75) is 46.1 Å². The third kappa shape index (κ3) is 3.36. The van der Waals surface area contributed by atoms with E-state index in [0.717, 1.165) is 0 Å². The molecule has 1 unspecified atom stereocenters. The van der Waals surface area contributed by atoms with Gasteiger partial charge in [-0.1, -0.05) is 34.6 Å². The lowest BCUT2D eigenvalue weighted by Gasteiger charge is -2.21. The van der Waals surface area contributed by atoms with Crippen molar-refractivity contribution in [3.63, 3.8) is 0 Å². The van der Waals surface area contributed by atoms with Crippen LogP contribution >= 0.6 is 0 Å². The van der Waals surface area contributed by atoms with Crippen LogP contribution in [0.3, 0.4) is 0 Å². The summed E-state index contributed by atoms with van der Waals surface area (Å²) in [5, 5.41) is 0. The SMILES string of the molecule is COC(c1nc(N)nc(C(C)(C)C)n1)C(C)C. The maximum absolute atomic E-state index is 5.73. The standard InChI is InChI=1S/C12H22N4O/c1-7(2)8(17-6)9-14-10(12(3,4)5)16-11(13)15-9/h7-8H,1-6H3,(H2,13,14,15,16). The van der Waals surface area contributed by atoms with Gasteiger partial charge in [0.25, 0.3) is 0 Å². The lowest BCUT2D eigenvalue weighted by atomic mass is 9.95. The Kier molecular flexibility index (Phi) is 4.03. The fourth-order valence-electron chi connectivity index (χ4n) is 1.55. The number of nitrogens with zero attached hydrogens (tertiary/aromatic N) is 3. The van der Waals surface area contributed by atoms with Crippen molar-refractivity contribution in [2.24, 2.45) is 5.92 Å². The number of rotatable bonds is 3. The van der Waals surface area contributed by atoms with E-state index in [0.29, 0.717) is 11.6 Å². The molecule has 1 heterocycles. The smallest absolute Gasteiger partial charge is 0.223 e. The Labute approximate surface area is 103 Å². The van der Waals surface area contributed by atoms with E-state index in [1.54, 1.807) is 7.11 Å². The first-order valence-electron chi connectivity index (χ1n) is 5.80. The van der Waals surface area contributed by atoms with E-state index in [9.17, 15) is 0 Å². The molecule has 17 heavy (non-hydrogen) atoms. The number of hydrogen-bond donors (Lipinski definition) is 1. The van der Waals surface area contributed by atoms with E-state index in [1.807, 2.05) is 20.8 Å². The van der Waals surface area contributed by atoms with Crippen LogP contribution in [-0.2, 0) is 10.2 Å². The lowest BCUT2D eigenvalue weighted by molar-refractivity contribution is 0.0570. The predicted octanol–water partition coefficient (Wildman–Crippen LogP) is 2.09. The van der Waals surface area contributed by atoms with E-state index in [1.165, 1.54) is 0 Å². The lowest BCUT2D eigenvalue weighted by Crippen LogP contribution is -2.22. The molecule has 0 radical (unpaired) electrons. The maximum Gasteiger partial charge on any atom is 0.223 e. The van der Waals surface area contributed by atoms with Crippen LogP contribution in [0.25, 0.3) is 0 Å². The predicted molar refractivity (Wildman–Crippen MR) is 67.5 cm³/mol. The average molecular weight is 238 g/mol. The summed E-state index contributed by atoms with van der Waals surface area (Å²) in [6.45, 7) is 10.3. The topological polar surface area (TPSA) is 73.9 Å². The van der Waals surface area contributed by atoms with E-state index in [-0.39, 0.29) is 23.4 Å². The third-order valence-electron chi connectivity index (χ3n) is 2.45. The molecule has 1 rings (SSSR count). The van der Waals surface area contributed by atoms with Crippen LogP contribution in [0, 0.1) is 5.92 Å². The summed E-state index contributed by atoms with van der Waals surface area (Å²) in [6, 6.07) is 0.